The summed E-state index contributed by atoms with van der Waals surface area (Å²) in [5, 5.41) is 0. The average Bonchev–Trinajstić information content (AvgIpc) is 3.34. The largest absolute Gasteiger partial charge is 0.298 e. The maximum absolute atomic E-state index is 11.5. The summed E-state index contributed by atoms with van der Waals surface area (Å²) >= 11 is 3.56. The molecule has 2 fully saturated rings. The molecule has 0 spiro atoms. The van der Waals surface area contributed by atoms with Crippen molar-refractivity contribution in [2.45, 2.75) is 25.4 Å². The minimum Gasteiger partial charge on any atom is -0.298 e. The van der Waals surface area contributed by atoms with Crippen LogP contribution in [0.3, 0.4) is 0 Å². The van der Waals surface area contributed by atoms with Crippen molar-refractivity contribution in [2.75, 3.05) is 26.2 Å². The molecule has 1 aromatic rings. The van der Waals surface area contributed by atoms with E-state index >= 15 is 0 Å². The Morgan fingerprint density at radius 3 is 2.57 bits per heavy atom. The Bertz CT molecular complexity index is 524. The second-order valence-electron chi connectivity index (χ2n) is 5.82. The van der Waals surface area contributed by atoms with Gasteiger partial charge in [-0.25, -0.2) is 5.84 Å². The summed E-state index contributed by atoms with van der Waals surface area (Å²) in [6.45, 7) is 5.51. The molecule has 0 aromatic heterocycles. The Morgan fingerprint density at radius 2 is 2.00 bits per heavy atom. The molecule has 5 nitrogen and oxygen atoms in total. The first-order valence-corrected chi connectivity index (χ1v) is 8.22. The van der Waals surface area contributed by atoms with Crippen molar-refractivity contribution in [3.8, 4) is 0 Å². The van der Waals surface area contributed by atoms with Gasteiger partial charge in [0.25, 0.3) is 5.91 Å². The Labute approximate surface area is 133 Å². The number of hydrogen-bond acceptors (Lipinski definition) is 4. The molecule has 0 bridgehead atoms. The highest BCUT2D eigenvalue weighted by molar-refractivity contribution is 9.10. The third-order valence-corrected chi connectivity index (χ3v) is 5.05. The van der Waals surface area contributed by atoms with E-state index in [1.807, 2.05) is 18.2 Å². The van der Waals surface area contributed by atoms with Gasteiger partial charge in [0.05, 0.1) is 0 Å². The molecular formula is C15H21BrN4O. The summed E-state index contributed by atoms with van der Waals surface area (Å²) in [5.41, 5.74) is 3.94. The summed E-state index contributed by atoms with van der Waals surface area (Å²) < 4.78 is 0.966. The molecule has 0 atom stereocenters. The molecule has 21 heavy (non-hydrogen) atoms. The minimum absolute atomic E-state index is 0.264. The minimum atomic E-state index is -0.264. The van der Waals surface area contributed by atoms with Crippen molar-refractivity contribution in [2.24, 2.45) is 5.84 Å². The lowest BCUT2D eigenvalue weighted by atomic mass is 10.1. The fourth-order valence-electron chi connectivity index (χ4n) is 2.87. The number of halogens is 1. The van der Waals surface area contributed by atoms with Crippen molar-refractivity contribution in [3.63, 3.8) is 0 Å². The number of piperazine rings is 1. The zero-order valence-electron chi connectivity index (χ0n) is 12.0. The van der Waals surface area contributed by atoms with Crippen LogP contribution in [0.1, 0.15) is 28.8 Å². The summed E-state index contributed by atoms with van der Waals surface area (Å²) in [6.07, 6.45) is 2.77. The number of carbonyl (C=O) groups excluding carboxylic acids is 1. The quantitative estimate of drug-likeness (QED) is 0.487. The zero-order chi connectivity index (χ0) is 14.8. The highest BCUT2D eigenvalue weighted by Crippen LogP contribution is 2.28. The lowest BCUT2D eigenvalue weighted by molar-refractivity contribution is 0.0953. The van der Waals surface area contributed by atoms with Gasteiger partial charge in [-0.05, 0) is 30.5 Å². The van der Waals surface area contributed by atoms with Crippen LogP contribution in [0.5, 0.6) is 0 Å². The van der Waals surface area contributed by atoms with Crippen LogP contribution in [-0.2, 0) is 6.54 Å². The van der Waals surface area contributed by atoms with E-state index in [1.54, 1.807) is 0 Å². The van der Waals surface area contributed by atoms with E-state index in [0.717, 1.165) is 30.1 Å². The van der Waals surface area contributed by atoms with Gasteiger partial charge < -0.3 is 0 Å². The Morgan fingerprint density at radius 1 is 1.29 bits per heavy atom. The topological polar surface area (TPSA) is 61.6 Å². The van der Waals surface area contributed by atoms with Gasteiger partial charge in [0.2, 0.25) is 0 Å². The van der Waals surface area contributed by atoms with Crippen LogP contribution in [0.4, 0.5) is 0 Å². The van der Waals surface area contributed by atoms with Gasteiger partial charge >= 0.3 is 0 Å². The fraction of sp³-hybridized carbons (Fsp3) is 0.533. The third kappa shape index (κ3) is 3.63. The normalized spacial score (nSPS) is 20.5. The smallest absolute Gasteiger partial charge is 0.265 e. The molecule has 3 N–H and O–H groups in total. The van der Waals surface area contributed by atoms with Crippen molar-refractivity contribution in [1.29, 1.82) is 0 Å². The van der Waals surface area contributed by atoms with Crippen LogP contribution >= 0.6 is 15.9 Å². The molecule has 1 aliphatic carbocycles. The highest BCUT2D eigenvalue weighted by atomic mass is 79.9. The number of hydrogen-bond donors (Lipinski definition) is 2. The van der Waals surface area contributed by atoms with Crippen LogP contribution < -0.4 is 11.3 Å². The fourth-order valence-corrected chi connectivity index (χ4v) is 3.37. The zero-order valence-corrected chi connectivity index (χ0v) is 13.6. The van der Waals surface area contributed by atoms with Crippen LogP contribution in [0.25, 0.3) is 0 Å². The Hall–Kier alpha value is -0.950. The second kappa shape index (κ2) is 6.44. The molecule has 3 rings (SSSR count). The monoisotopic (exact) mass is 352 g/mol. The van der Waals surface area contributed by atoms with Crippen LogP contribution in [0, 0.1) is 0 Å². The molecule has 1 heterocycles. The summed E-state index contributed by atoms with van der Waals surface area (Å²) in [4.78, 5) is 16.6. The maximum atomic E-state index is 11.5. The van der Waals surface area contributed by atoms with E-state index in [9.17, 15) is 4.79 Å². The number of nitrogens with two attached hydrogens (primary N) is 1. The first-order valence-electron chi connectivity index (χ1n) is 7.43. The molecular weight excluding hydrogens is 332 g/mol. The van der Waals surface area contributed by atoms with E-state index in [2.05, 4.69) is 31.2 Å². The third-order valence-electron chi connectivity index (χ3n) is 4.31. The van der Waals surface area contributed by atoms with Gasteiger partial charge in [-0.1, -0.05) is 22.0 Å². The van der Waals surface area contributed by atoms with Crippen LogP contribution in [0.15, 0.2) is 22.7 Å². The van der Waals surface area contributed by atoms with Crippen molar-refractivity contribution in [3.05, 3.63) is 33.8 Å². The summed E-state index contributed by atoms with van der Waals surface area (Å²) in [5.74, 6) is 4.89. The molecule has 1 saturated carbocycles. The van der Waals surface area contributed by atoms with E-state index in [0.29, 0.717) is 5.56 Å². The van der Waals surface area contributed by atoms with Crippen LogP contribution in [0.2, 0.25) is 0 Å². The first-order chi connectivity index (χ1) is 10.2. The average molecular weight is 353 g/mol. The number of carbonyl (C=O) groups is 1. The van der Waals surface area contributed by atoms with Crippen molar-refractivity contribution in [1.82, 2.24) is 15.2 Å². The maximum Gasteiger partial charge on any atom is 0.265 e. The number of nitrogens with zero attached hydrogens (tertiary/aromatic N) is 2. The van der Waals surface area contributed by atoms with Gasteiger partial charge in [0.15, 0.2) is 0 Å². The summed E-state index contributed by atoms with van der Waals surface area (Å²) in [7, 11) is 0. The van der Waals surface area contributed by atoms with Gasteiger partial charge in [0, 0.05) is 48.8 Å². The van der Waals surface area contributed by atoms with E-state index in [-0.39, 0.29) is 5.91 Å². The molecule has 1 aromatic carbocycles. The van der Waals surface area contributed by atoms with Crippen molar-refractivity contribution >= 4 is 21.8 Å². The molecule has 0 radical (unpaired) electrons. The Kier molecular flexibility index (Phi) is 4.59. The van der Waals surface area contributed by atoms with Crippen molar-refractivity contribution < 1.29 is 4.79 Å². The number of hydrazine groups is 1. The number of amides is 1. The molecule has 114 valence electrons. The standard InChI is InChI=1S/C15H21BrN4O/c16-14-9-11(15(21)18-17)1-2-12(14)10-19-5-7-20(8-6-19)13-3-4-13/h1-2,9,13H,3-8,10,17H2,(H,18,21). The molecule has 1 saturated heterocycles. The molecule has 2 aliphatic rings. The molecule has 1 aliphatic heterocycles. The van der Waals surface area contributed by atoms with Gasteiger partial charge in [-0.15, -0.1) is 0 Å². The molecule has 6 heteroatoms. The highest BCUT2D eigenvalue weighted by Gasteiger charge is 2.31. The molecule has 0 unspecified atom stereocenters. The predicted octanol–water partition coefficient (Wildman–Crippen LogP) is 1.33. The number of benzene rings is 1. The van der Waals surface area contributed by atoms with Crippen LogP contribution in [-0.4, -0.2) is 47.9 Å². The lowest BCUT2D eigenvalue weighted by Crippen LogP contribution is -2.46. The van der Waals surface area contributed by atoms with E-state index in [1.165, 1.54) is 31.5 Å². The number of nitrogen functional groups attached to an aromatic ring is 1. The SMILES string of the molecule is NNC(=O)c1ccc(CN2CCN(C3CC3)CC2)c(Br)c1. The van der Waals surface area contributed by atoms with Gasteiger partial charge in [0.1, 0.15) is 0 Å². The second-order valence-corrected chi connectivity index (χ2v) is 6.68. The van der Waals surface area contributed by atoms with E-state index < -0.39 is 0 Å². The Balaban J connectivity index is 1.58. The summed E-state index contributed by atoms with van der Waals surface area (Å²) in [6, 6.07) is 6.52. The lowest BCUT2D eigenvalue weighted by Gasteiger charge is -2.35. The first kappa shape index (κ1) is 15.0. The predicted molar refractivity (Wildman–Crippen MR) is 85.7 cm³/mol. The van der Waals surface area contributed by atoms with Gasteiger partial charge in [-0.3, -0.25) is 20.0 Å². The number of nitrogens with one attached hydrogen (secondary N) is 1. The number of rotatable bonds is 4. The molecule has 1 amide bonds. The van der Waals surface area contributed by atoms with Gasteiger partial charge in [-0.2, -0.15) is 0 Å². The van der Waals surface area contributed by atoms with E-state index in [4.69, 9.17) is 5.84 Å².